The van der Waals surface area contributed by atoms with E-state index < -0.39 is 17.9 Å². The number of benzene rings is 4. The van der Waals surface area contributed by atoms with Crippen molar-refractivity contribution < 1.29 is 19.4 Å². The number of rotatable bonds is 15. The number of ether oxygens (including phenoxy) is 1. The SMILES string of the molecule is CCCCCCCOc1ccc(-c2cnc(-c3ccc(C[C@H](NC(=O)c4ccc(-c5ccccc5)cc4)C(=O)O)cc3)nc2)cc1. The van der Waals surface area contributed by atoms with Gasteiger partial charge in [-0.05, 0) is 52.9 Å². The van der Waals surface area contributed by atoms with E-state index in [1.165, 1.54) is 25.7 Å². The Kier molecular flexibility index (Phi) is 11.3. The molecule has 0 bridgehead atoms. The van der Waals surface area contributed by atoms with Gasteiger partial charge in [0, 0.05) is 35.5 Å². The van der Waals surface area contributed by atoms with E-state index in [0.717, 1.165) is 52.2 Å². The van der Waals surface area contributed by atoms with Gasteiger partial charge < -0.3 is 15.2 Å². The number of unbranched alkanes of at least 4 members (excludes halogenated alkanes) is 4. The Hall–Kier alpha value is -5.30. The average Bonchev–Trinajstić information content (AvgIpc) is 3.10. The topological polar surface area (TPSA) is 101 Å². The molecule has 0 unspecified atom stereocenters. The van der Waals surface area contributed by atoms with Crippen LogP contribution in [0.5, 0.6) is 5.75 Å². The van der Waals surface area contributed by atoms with Crippen molar-refractivity contribution in [2.75, 3.05) is 6.61 Å². The number of aromatic nitrogens is 2. The molecular weight excluding hydrogens is 574 g/mol. The Morgan fingerprint density at radius 3 is 1.93 bits per heavy atom. The number of hydrogen-bond donors (Lipinski definition) is 2. The van der Waals surface area contributed by atoms with Crippen LogP contribution in [0.15, 0.2) is 116 Å². The number of nitrogens with zero attached hydrogens (tertiary/aromatic N) is 2. The zero-order chi connectivity index (χ0) is 32.1. The van der Waals surface area contributed by atoms with Gasteiger partial charge in [0.25, 0.3) is 5.91 Å². The summed E-state index contributed by atoms with van der Waals surface area (Å²) in [5.41, 5.74) is 5.92. The first-order chi connectivity index (χ1) is 22.5. The molecule has 46 heavy (non-hydrogen) atoms. The Morgan fingerprint density at radius 2 is 1.28 bits per heavy atom. The van der Waals surface area contributed by atoms with E-state index in [2.05, 4.69) is 22.2 Å². The summed E-state index contributed by atoms with van der Waals surface area (Å²) in [6, 6.07) is 31.3. The van der Waals surface area contributed by atoms with Crippen LogP contribution in [0.4, 0.5) is 0 Å². The number of hydrogen-bond acceptors (Lipinski definition) is 5. The van der Waals surface area contributed by atoms with E-state index in [9.17, 15) is 14.7 Å². The first-order valence-electron chi connectivity index (χ1n) is 15.8. The molecule has 0 aliphatic rings. The molecule has 0 radical (unpaired) electrons. The predicted octanol–water partition coefficient (Wildman–Crippen LogP) is 8.25. The van der Waals surface area contributed by atoms with Crippen molar-refractivity contribution in [2.45, 2.75) is 51.5 Å². The first-order valence-corrected chi connectivity index (χ1v) is 15.8. The van der Waals surface area contributed by atoms with E-state index in [-0.39, 0.29) is 6.42 Å². The third-order valence-corrected chi connectivity index (χ3v) is 7.87. The van der Waals surface area contributed by atoms with E-state index in [1.807, 2.05) is 91.0 Å². The van der Waals surface area contributed by atoms with Crippen molar-refractivity contribution in [1.29, 1.82) is 0 Å². The molecule has 0 saturated carbocycles. The van der Waals surface area contributed by atoms with Crippen molar-refractivity contribution in [3.63, 3.8) is 0 Å². The molecule has 0 aliphatic heterocycles. The Balaban J connectivity index is 1.15. The zero-order valence-electron chi connectivity index (χ0n) is 26.1. The lowest BCUT2D eigenvalue weighted by Crippen LogP contribution is -2.42. The average molecular weight is 614 g/mol. The molecular formula is C39H39N3O4. The second kappa shape index (κ2) is 16.1. The van der Waals surface area contributed by atoms with Crippen LogP contribution in [0.25, 0.3) is 33.6 Å². The van der Waals surface area contributed by atoms with E-state index in [4.69, 9.17) is 4.74 Å². The van der Waals surface area contributed by atoms with Gasteiger partial charge in [0.15, 0.2) is 5.82 Å². The van der Waals surface area contributed by atoms with Gasteiger partial charge in [-0.3, -0.25) is 4.79 Å². The van der Waals surface area contributed by atoms with Gasteiger partial charge >= 0.3 is 5.97 Å². The summed E-state index contributed by atoms with van der Waals surface area (Å²) in [6.45, 7) is 2.95. The highest BCUT2D eigenvalue weighted by atomic mass is 16.5. The monoisotopic (exact) mass is 613 g/mol. The number of carbonyl (C=O) groups is 2. The molecule has 0 fully saturated rings. The summed E-state index contributed by atoms with van der Waals surface area (Å²) in [5, 5.41) is 12.5. The van der Waals surface area contributed by atoms with Crippen LogP contribution in [0.1, 0.15) is 54.9 Å². The number of carboxylic acid groups (broad SMARTS) is 1. The van der Waals surface area contributed by atoms with Crippen LogP contribution in [0, 0.1) is 0 Å². The minimum atomic E-state index is -1.10. The third kappa shape index (κ3) is 8.88. The second-order valence-electron chi connectivity index (χ2n) is 11.3. The Bertz CT molecular complexity index is 1690. The second-order valence-corrected chi connectivity index (χ2v) is 11.3. The molecule has 234 valence electrons. The highest BCUT2D eigenvalue weighted by Crippen LogP contribution is 2.24. The maximum atomic E-state index is 12.9. The fraction of sp³-hybridized carbons (Fsp3) is 0.231. The van der Waals surface area contributed by atoms with Crippen LogP contribution >= 0.6 is 0 Å². The number of carboxylic acids is 1. The molecule has 2 N–H and O–H groups in total. The maximum absolute atomic E-state index is 12.9. The van der Waals surface area contributed by atoms with Crippen LogP contribution in [0.3, 0.4) is 0 Å². The maximum Gasteiger partial charge on any atom is 0.326 e. The summed E-state index contributed by atoms with van der Waals surface area (Å²) in [7, 11) is 0. The predicted molar refractivity (Wildman–Crippen MR) is 182 cm³/mol. The van der Waals surface area contributed by atoms with Crippen molar-refractivity contribution >= 4 is 11.9 Å². The zero-order valence-corrected chi connectivity index (χ0v) is 26.1. The lowest BCUT2D eigenvalue weighted by Gasteiger charge is -2.15. The smallest absolute Gasteiger partial charge is 0.326 e. The Labute approximate surface area is 270 Å². The highest BCUT2D eigenvalue weighted by molar-refractivity contribution is 5.97. The van der Waals surface area contributed by atoms with Crippen LogP contribution < -0.4 is 10.1 Å². The van der Waals surface area contributed by atoms with Crippen molar-refractivity contribution in [3.8, 4) is 39.4 Å². The summed E-state index contributed by atoms with van der Waals surface area (Å²) >= 11 is 0. The number of carbonyl (C=O) groups excluding carboxylic acids is 1. The van der Waals surface area contributed by atoms with Crippen LogP contribution in [-0.4, -0.2) is 39.6 Å². The molecule has 4 aromatic carbocycles. The van der Waals surface area contributed by atoms with Crippen LogP contribution in [0.2, 0.25) is 0 Å². The van der Waals surface area contributed by atoms with Gasteiger partial charge in [-0.15, -0.1) is 0 Å². The fourth-order valence-corrected chi connectivity index (χ4v) is 5.18. The van der Waals surface area contributed by atoms with Crippen molar-refractivity contribution in [1.82, 2.24) is 15.3 Å². The van der Waals surface area contributed by atoms with Gasteiger partial charge in [-0.2, -0.15) is 0 Å². The Morgan fingerprint density at radius 1 is 0.696 bits per heavy atom. The van der Waals surface area contributed by atoms with Gasteiger partial charge in [0.05, 0.1) is 6.61 Å². The lowest BCUT2D eigenvalue weighted by atomic mass is 10.0. The number of aliphatic carboxylic acids is 1. The molecule has 1 heterocycles. The standard InChI is InChI=1S/C39H39N3O4/c1-2-3-4-5-9-24-46-35-22-20-31(21-23-35)34-26-40-37(41-27-34)32-14-12-28(13-15-32)25-36(39(44)45)42-38(43)33-18-16-30(17-19-33)29-10-7-6-8-11-29/h6-8,10-23,26-27,36H,2-5,9,24-25H2,1H3,(H,42,43)(H,44,45)/t36-/m0/s1. The summed E-state index contributed by atoms with van der Waals surface area (Å²) < 4.78 is 5.87. The molecule has 7 heteroatoms. The van der Waals surface area contributed by atoms with Gasteiger partial charge in [-0.25, -0.2) is 14.8 Å². The summed E-state index contributed by atoms with van der Waals surface area (Å²) in [4.78, 5) is 34.0. The summed E-state index contributed by atoms with van der Waals surface area (Å²) in [5.74, 6) is -0.101. The molecule has 0 saturated heterocycles. The van der Waals surface area contributed by atoms with E-state index in [1.54, 1.807) is 24.5 Å². The highest BCUT2D eigenvalue weighted by Gasteiger charge is 2.21. The minimum Gasteiger partial charge on any atom is -0.494 e. The molecule has 5 rings (SSSR count). The first kappa shape index (κ1) is 32.1. The van der Waals surface area contributed by atoms with Crippen molar-refractivity contribution in [2.24, 2.45) is 0 Å². The normalized spacial score (nSPS) is 11.5. The van der Waals surface area contributed by atoms with Crippen LogP contribution in [-0.2, 0) is 11.2 Å². The fourth-order valence-electron chi connectivity index (χ4n) is 5.18. The molecule has 1 atom stereocenters. The van der Waals surface area contributed by atoms with Gasteiger partial charge in [0.1, 0.15) is 11.8 Å². The van der Waals surface area contributed by atoms with Crippen molar-refractivity contribution in [3.05, 3.63) is 127 Å². The van der Waals surface area contributed by atoms with E-state index >= 15 is 0 Å². The molecule has 1 amide bonds. The molecule has 0 spiro atoms. The van der Waals surface area contributed by atoms with Gasteiger partial charge in [-0.1, -0.05) is 111 Å². The largest absolute Gasteiger partial charge is 0.494 e. The minimum absolute atomic E-state index is 0.141. The quantitative estimate of drug-likeness (QED) is 0.115. The summed E-state index contributed by atoms with van der Waals surface area (Å²) in [6.07, 6.45) is 9.78. The van der Waals surface area contributed by atoms with Gasteiger partial charge in [0.2, 0.25) is 0 Å². The molecule has 1 aromatic heterocycles. The lowest BCUT2D eigenvalue weighted by molar-refractivity contribution is -0.139. The molecule has 7 nitrogen and oxygen atoms in total. The molecule has 5 aromatic rings. The molecule has 0 aliphatic carbocycles. The number of amides is 1. The van der Waals surface area contributed by atoms with E-state index in [0.29, 0.717) is 11.4 Å². The third-order valence-electron chi connectivity index (χ3n) is 7.87. The number of nitrogens with one attached hydrogen (secondary N) is 1.